The van der Waals surface area contributed by atoms with E-state index < -0.39 is 11.9 Å². The van der Waals surface area contributed by atoms with Gasteiger partial charge in [0.05, 0.1) is 17.4 Å². The summed E-state index contributed by atoms with van der Waals surface area (Å²) in [5, 5.41) is 3.87. The lowest BCUT2D eigenvalue weighted by Gasteiger charge is -2.28. The van der Waals surface area contributed by atoms with Crippen LogP contribution in [0, 0.1) is 5.82 Å². The molecule has 9 heteroatoms. The minimum Gasteiger partial charge on any atom is -0.481 e. The van der Waals surface area contributed by atoms with Gasteiger partial charge in [-0.3, -0.25) is 9.69 Å². The smallest absolute Gasteiger partial charge is 0.415 e. The number of fused-ring (bicyclic) bond motifs is 5. The summed E-state index contributed by atoms with van der Waals surface area (Å²) in [5.41, 5.74) is 2.09. The van der Waals surface area contributed by atoms with Crippen molar-refractivity contribution in [3.05, 3.63) is 35.5 Å². The van der Waals surface area contributed by atoms with E-state index >= 15 is 0 Å². The van der Waals surface area contributed by atoms with Crippen LogP contribution in [0.2, 0.25) is 0 Å². The molecule has 27 heavy (non-hydrogen) atoms. The van der Waals surface area contributed by atoms with Crippen molar-refractivity contribution in [2.24, 2.45) is 0 Å². The predicted octanol–water partition coefficient (Wildman–Crippen LogP) is 2.05. The van der Waals surface area contributed by atoms with E-state index in [0.29, 0.717) is 30.7 Å². The van der Waals surface area contributed by atoms with Crippen LogP contribution < -0.4 is 14.5 Å². The zero-order valence-electron chi connectivity index (χ0n) is 14.5. The molecule has 3 aliphatic heterocycles. The molecular formula is C18H16FN3O5. The molecule has 8 nitrogen and oxygen atoms in total. The number of carbonyl (C=O) groups excluding carboxylic acids is 2. The summed E-state index contributed by atoms with van der Waals surface area (Å²) in [7, 11) is 1.52. The van der Waals surface area contributed by atoms with Crippen molar-refractivity contribution < 1.29 is 28.0 Å². The second-order valence-electron chi connectivity index (χ2n) is 6.87. The van der Waals surface area contributed by atoms with Crippen molar-refractivity contribution in [3.63, 3.8) is 0 Å². The van der Waals surface area contributed by atoms with E-state index in [1.165, 1.54) is 29.2 Å². The Morgan fingerprint density at radius 2 is 2.22 bits per heavy atom. The standard InChI is InChI=1S/C18H16FN3O5/c1-21-15(23)8-25-17-10-6-13-14(3-2-9-4-5-26-20-9)27-18(24)22(13)12(10)7-11(19)16(17)21/h4-5,7,13-14H,2-3,6,8H2,1H3/t13-,14-/m0/s1. The lowest BCUT2D eigenvalue weighted by atomic mass is 10.00. The molecular weight excluding hydrogens is 357 g/mol. The van der Waals surface area contributed by atoms with Gasteiger partial charge in [0.15, 0.2) is 18.2 Å². The van der Waals surface area contributed by atoms with Crippen LogP contribution in [-0.2, 0) is 22.4 Å². The van der Waals surface area contributed by atoms with Crippen LogP contribution in [0.1, 0.15) is 17.7 Å². The molecule has 0 spiro atoms. The molecule has 0 unspecified atom stereocenters. The highest BCUT2D eigenvalue weighted by Crippen LogP contribution is 2.49. The van der Waals surface area contributed by atoms with Crippen molar-refractivity contribution in [2.45, 2.75) is 31.4 Å². The Balaban J connectivity index is 1.48. The normalized spacial score (nSPS) is 23.0. The van der Waals surface area contributed by atoms with Gasteiger partial charge in [0.1, 0.15) is 18.1 Å². The highest BCUT2D eigenvalue weighted by molar-refractivity contribution is 6.01. The molecule has 140 valence electrons. The number of hydrogen-bond acceptors (Lipinski definition) is 6. The quantitative estimate of drug-likeness (QED) is 0.819. The number of anilines is 2. The third-order valence-electron chi connectivity index (χ3n) is 5.40. The molecule has 0 aliphatic carbocycles. The molecule has 1 fully saturated rings. The third-order valence-corrected chi connectivity index (χ3v) is 5.40. The van der Waals surface area contributed by atoms with Crippen molar-refractivity contribution in [3.8, 4) is 5.75 Å². The summed E-state index contributed by atoms with van der Waals surface area (Å²) in [6.45, 7) is -0.149. The zero-order valence-corrected chi connectivity index (χ0v) is 14.5. The van der Waals surface area contributed by atoms with Crippen molar-refractivity contribution in [1.82, 2.24) is 5.16 Å². The van der Waals surface area contributed by atoms with Crippen LogP contribution in [0.5, 0.6) is 5.75 Å². The van der Waals surface area contributed by atoms with Crippen molar-refractivity contribution >= 4 is 23.4 Å². The fourth-order valence-corrected chi connectivity index (χ4v) is 4.06. The van der Waals surface area contributed by atoms with Crippen LogP contribution >= 0.6 is 0 Å². The predicted molar refractivity (Wildman–Crippen MR) is 90.4 cm³/mol. The van der Waals surface area contributed by atoms with Gasteiger partial charge in [-0.2, -0.15) is 0 Å². The first-order valence-corrected chi connectivity index (χ1v) is 8.68. The van der Waals surface area contributed by atoms with E-state index in [1.54, 1.807) is 6.07 Å². The molecule has 1 saturated heterocycles. The Bertz CT molecular complexity index is 945. The molecule has 0 radical (unpaired) electrons. The van der Waals surface area contributed by atoms with Gasteiger partial charge < -0.3 is 18.9 Å². The minimum atomic E-state index is -0.598. The topological polar surface area (TPSA) is 85.1 Å². The maximum atomic E-state index is 14.7. The van der Waals surface area contributed by atoms with Gasteiger partial charge in [-0.25, -0.2) is 9.18 Å². The van der Waals surface area contributed by atoms with Gasteiger partial charge in [-0.15, -0.1) is 0 Å². The van der Waals surface area contributed by atoms with Crippen molar-refractivity contribution in [1.29, 1.82) is 0 Å². The van der Waals surface area contributed by atoms with Crippen molar-refractivity contribution in [2.75, 3.05) is 23.5 Å². The molecule has 4 heterocycles. The molecule has 5 rings (SSSR count). The summed E-state index contributed by atoms with van der Waals surface area (Å²) in [6, 6.07) is 2.81. The first kappa shape index (κ1) is 16.1. The van der Waals surface area contributed by atoms with E-state index in [0.717, 1.165) is 11.3 Å². The average Bonchev–Trinajstić information content (AvgIpc) is 3.34. The minimum absolute atomic E-state index is 0.124. The third kappa shape index (κ3) is 2.30. The molecule has 2 aromatic rings. The zero-order chi connectivity index (χ0) is 18.7. The Kier molecular flexibility index (Phi) is 3.40. The summed E-state index contributed by atoms with van der Waals surface area (Å²) >= 11 is 0. The Morgan fingerprint density at radius 3 is 3.00 bits per heavy atom. The second kappa shape index (κ2) is 5.70. The van der Waals surface area contributed by atoms with Crippen LogP contribution in [0.15, 0.2) is 22.9 Å². The number of nitrogens with zero attached hydrogens (tertiary/aromatic N) is 3. The molecule has 0 N–H and O–H groups in total. The van der Waals surface area contributed by atoms with E-state index in [4.69, 9.17) is 14.0 Å². The number of aromatic nitrogens is 1. The molecule has 2 amide bonds. The molecule has 0 saturated carbocycles. The number of benzene rings is 1. The summed E-state index contributed by atoms with van der Waals surface area (Å²) in [4.78, 5) is 27.0. The Morgan fingerprint density at radius 1 is 1.37 bits per heavy atom. The van der Waals surface area contributed by atoms with E-state index in [-0.39, 0.29) is 30.3 Å². The SMILES string of the molecule is CN1C(=O)COc2c3c(cc(F)c21)N1C(=O)O[C@@H](CCc2ccon2)[C@@H]1C3. The Labute approximate surface area is 153 Å². The fraction of sp³-hybridized carbons (Fsp3) is 0.389. The number of cyclic esters (lactones) is 1. The highest BCUT2D eigenvalue weighted by atomic mass is 19.1. The number of carbonyl (C=O) groups is 2. The summed E-state index contributed by atoms with van der Waals surface area (Å²) < 4.78 is 30.6. The van der Waals surface area contributed by atoms with E-state index in [2.05, 4.69) is 5.16 Å². The van der Waals surface area contributed by atoms with Gasteiger partial charge in [0.25, 0.3) is 5.91 Å². The van der Waals surface area contributed by atoms with Gasteiger partial charge in [-0.05, 0) is 12.8 Å². The molecule has 3 aliphatic rings. The molecule has 1 aromatic heterocycles. The van der Waals surface area contributed by atoms with E-state index in [9.17, 15) is 14.0 Å². The van der Waals surface area contributed by atoms with Gasteiger partial charge in [0, 0.05) is 31.2 Å². The number of amides is 2. The first-order chi connectivity index (χ1) is 13.0. The lowest BCUT2D eigenvalue weighted by molar-refractivity contribution is -0.121. The number of aryl methyl sites for hydroxylation is 1. The summed E-state index contributed by atoms with van der Waals surface area (Å²) in [5.74, 6) is -0.576. The monoisotopic (exact) mass is 373 g/mol. The average molecular weight is 373 g/mol. The maximum Gasteiger partial charge on any atom is 0.415 e. The van der Waals surface area contributed by atoms with Gasteiger partial charge >= 0.3 is 6.09 Å². The highest BCUT2D eigenvalue weighted by Gasteiger charge is 2.49. The maximum absolute atomic E-state index is 14.7. The Hall–Kier alpha value is -3.10. The van der Waals surface area contributed by atoms with Gasteiger partial charge in [0.2, 0.25) is 0 Å². The van der Waals surface area contributed by atoms with Crippen LogP contribution in [0.3, 0.4) is 0 Å². The lowest BCUT2D eigenvalue weighted by Crippen LogP contribution is -2.36. The number of ether oxygens (including phenoxy) is 2. The largest absolute Gasteiger partial charge is 0.481 e. The van der Waals surface area contributed by atoms with Crippen LogP contribution in [-0.4, -0.2) is 43.0 Å². The number of halogens is 1. The second-order valence-corrected chi connectivity index (χ2v) is 6.87. The number of hydrogen-bond donors (Lipinski definition) is 0. The van der Waals surface area contributed by atoms with E-state index in [1.807, 2.05) is 0 Å². The van der Waals surface area contributed by atoms with Crippen LogP contribution in [0.4, 0.5) is 20.6 Å². The summed E-state index contributed by atoms with van der Waals surface area (Å²) in [6.07, 6.45) is 2.33. The molecule has 2 atom stereocenters. The molecule has 0 bridgehead atoms. The van der Waals surface area contributed by atoms with Crippen LogP contribution in [0.25, 0.3) is 0 Å². The number of likely N-dealkylation sites (N-methyl/N-ethyl adjacent to an activating group) is 1. The fourth-order valence-electron chi connectivity index (χ4n) is 4.06. The first-order valence-electron chi connectivity index (χ1n) is 8.68. The number of rotatable bonds is 3. The molecule has 1 aromatic carbocycles. The van der Waals surface area contributed by atoms with Gasteiger partial charge in [-0.1, -0.05) is 5.16 Å².